The molecule has 0 unspecified atom stereocenters. The number of pyridine rings is 1. The Morgan fingerprint density at radius 2 is 1.86 bits per heavy atom. The molecule has 3 fully saturated rings. The van der Waals surface area contributed by atoms with Gasteiger partial charge in [0.2, 0.25) is 27.7 Å². The van der Waals surface area contributed by atoms with Crippen molar-refractivity contribution < 1.29 is 45.5 Å². The van der Waals surface area contributed by atoms with Crippen LogP contribution >= 0.6 is 0 Å². The van der Waals surface area contributed by atoms with E-state index >= 15 is 0 Å². The number of benzene rings is 2. The van der Waals surface area contributed by atoms with E-state index in [0.717, 1.165) is 23.6 Å². The van der Waals surface area contributed by atoms with Gasteiger partial charge in [-0.15, -0.1) is 0 Å². The summed E-state index contributed by atoms with van der Waals surface area (Å²) in [5, 5.41) is 11.6. The smallest absolute Gasteiger partial charge is 0.274 e. The molecule has 300 valence electrons. The Hall–Kier alpha value is -5.38. The first-order chi connectivity index (χ1) is 26.8. The first-order valence-corrected chi connectivity index (χ1v) is 20.5. The molecule has 8 rings (SSSR count). The van der Waals surface area contributed by atoms with Gasteiger partial charge in [-0.3, -0.25) is 23.9 Å². The average molecular weight is 793 g/mol. The van der Waals surface area contributed by atoms with Gasteiger partial charge in [-0.05, 0) is 76.0 Å². The standard InChI is InChI=1S/C40H43FN6O8S.3H2/c1-23-18-32(45-55-23)34(48)42-30-13-7-5-3-4-6-10-24-21-40(24,38(51)46-56(52,53)39(2)16-17-39)44-35(49)33-20-26(22-47(33)37(30)50)54-36-29-12-9-8-11-27(29)28-15-14-25(41)19-31(28)43-36;;;/h6,8-12,14-15,18-19,24,26,30,33H,3-5,7,13,16-17,20-22H2,1-2H3,(H,42,48)(H,44,49)(H,46,51);3*1H/b10-6-;;;/t24-,26-,30+,33+,40-;;;/m1.../s1. The number of carbonyl (C=O) groups is 4. The van der Waals surface area contributed by atoms with E-state index in [1.807, 2.05) is 36.4 Å². The number of aryl methyl sites for hydroxylation is 1. The summed E-state index contributed by atoms with van der Waals surface area (Å²) in [6.45, 7) is 3.13. The summed E-state index contributed by atoms with van der Waals surface area (Å²) >= 11 is 0. The number of nitrogens with zero attached hydrogens (tertiary/aromatic N) is 3. The molecule has 1 saturated heterocycles. The van der Waals surface area contributed by atoms with Crippen molar-refractivity contribution in [1.29, 1.82) is 0 Å². The number of carbonyl (C=O) groups excluding carboxylic acids is 4. The molecule has 2 aromatic carbocycles. The molecule has 14 nitrogen and oxygen atoms in total. The third-order valence-corrected chi connectivity index (χ3v) is 13.7. The first-order valence-electron chi connectivity index (χ1n) is 19.0. The highest BCUT2D eigenvalue weighted by atomic mass is 32.2. The van der Waals surface area contributed by atoms with Crippen LogP contribution in [0.5, 0.6) is 5.88 Å². The van der Waals surface area contributed by atoms with Gasteiger partial charge in [0.1, 0.15) is 35.3 Å². The molecule has 2 aliphatic heterocycles. The van der Waals surface area contributed by atoms with Crippen molar-refractivity contribution in [2.45, 2.75) is 100 Å². The molecule has 4 heterocycles. The molecule has 4 amide bonds. The summed E-state index contributed by atoms with van der Waals surface area (Å²) in [5.74, 6) is -2.98. The van der Waals surface area contributed by atoms with Crippen LogP contribution in [0.15, 0.2) is 65.2 Å². The van der Waals surface area contributed by atoms with Crippen LogP contribution in [0.1, 0.15) is 85.2 Å². The Morgan fingerprint density at radius 3 is 2.61 bits per heavy atom. The Labute approximate surface area is 327 Å². The number of halogens is 1. The fourth-order valence-corrected chi connectivity index (χ4v) is 9.11. The van der Waals surface area contributed by atoms with Crippen LogP contribution in [-0.4, -0.2) is 82.1 Å². The number of hydrogen-bond acceptors (Lipinski definition) is 10. The zero-order chi connectivity index (χ0) is 39.4. The van der Waals surface area contributed by atoms with Crippen LogP contribution in [0.3, 0.4) is 0 Å². The van der Waals surface area contributed by atoms with Gasteiger partial charge in [0.05, 0.1) is 16.8 Å². The van der Waals surface area contributed by atoms with Gasteiger partial charge < -0.3 is 24.8 Å². The molecule has 2 saturated carbocycles. The molecule has 5 atom stereocenters. The molecule has 4 aliphatic rings. The molecular weight excluding hydrogens is 744 g/mol. The highest BCUT2D eigenvalue weighted by molar-refractivity contribution is 7.91. The minimum atomic E-state index is -4.02. The van der Waals surface area contributed by atoms with E-state index in [9.17, 15) is 32.0 Å². The number of aromatic nitrogens is 2. The second-order valence-corrected chi connectivity index (χ2v) is 17.9. The van der Waals surface area contributed by atoms with Crippen LogP contribution in [0.4, 0.5) is 4.39 Å². The highest BCUT2D eigenvalue weighted by Gasteiger charge is 2.63. The third kappa shape index (κ3) is 7.10. The van der Waals surface area contributed by atoms with Crippen LogP contribution in [0, 0.1) is 18.7 Å². The topological polar surface area (TPSA) is 190 Å². The van der Waals surface area contributed by atoms with Crippen LogP contribution in [0.2, 0.25) is 0 Å². The Bertz CT molecular complexity index is 2410. The zero-order valence-electron chi connectivity index (χ0n) is 31.0. The van der Waals surface area contributed by atoms with E-state index in [1.54, 1.807) is 19.9 Å². The lowest BCUT2D eigenvalue weighted by Gasteiger charge is -2.30. The van der Waals surface area contributed by atoms with Crippen LogP contribution in [-0.2, 0) is 24.4 Å². The van der Waals surface area contributed by atoms with Crippen LogP contribution < -0.4 is 20.1 Å². The molecule has 0 spiro atoms. The fraction of sp³-hybridized carbons (Fsp3) is 0.450. The molecular formula is C40H49FN6O8S. The minimum Gasteiger partial charge on any atom is -0.472 e. The lowest BCUT2D eigenvalue weighted by Crippen LogP contribution is -2.58. The third-order valence-electron chi connectivity index (χ3n) is 11.5. The lowest BCUT2D eigenvalue weighted by molar-refractivity contribution is -0.141. The van der Waals surface area contributed by atoms with E-state index in [2.05, 4.69) is 25.5 Å². The summed E-state index contributed by atoms with van der Waals surface area (Å²) < 4.78 is 53.5. The number of ether oxygens (including phenoxy) is 1. The van der Waals surface area contributed by atoms with Gasteiger partial charge in [0.15, 0.2) is 5.69 Å². The number of rotatable bonds is 7. The lowest BCUT2D eigenvalue weighted by atomic mass is 10.0. The fourth-order valence-electron chi connectivity index (χ4n) is 7.80. The van der Waals surface area contributed by atoms with Crippen LogP contribution in [0.25, 0.3) is 21.7 Å². The van der Waals surface area contributed by atoms with Crippen molar-refractivity contribution in [1.82, 2.24) is 30.4 Å². The number of nitrogens with one attached hydrogen (secondary N) is 3. The number of allylic oxidation sites excluding steroid dienone is 1. The normalized spacial score (nSPS) is 26.9. The predicted molar refractivity (Wildman–Crippen MR) is 208 cm³/mol. The predicted octanol–water partition coefficient (Wildman–Crippen LogP) is 5.10. The monoisotopic (exact) mass is 792 g/mol. The van der Waals surface area contributed by atoms with Crippen molar-refractivity contribution in [2.75, 3.05) is 6.54 Å². The molecule has 56 heavy (non-hydrogen) atoms. The Morgan fingerprint density at radius 1 is 1.07 bits per heavy atom. The van der Waals surface area contributed by atoms with Gasteiger partial charge in [-0.2, -0.15) is 0 Å². The molecule has 4 aromatic rings. The maximum atomic E-state index is 14.6. The van der Waals surface area contributed by atoms with Crippen molar-refractivity contribution in [3.05, 3.63) is 78.0 Å². The summed E-state index contributed by atoms with van der Waals surface area (Å²) in [6.07, 6.45) is 6.99. The van der Waals surface area contributed by atoms with Crippen molar-refractivity contribution in [3.8, 4) is 5.88 Å². The molecule has 0 bridgehead atoms. The van der Waals surface area contributed by atoms with E-state index in [4.69, 9.17) is 9.26 Å². The van der Waals surface area contributed by atoms with E-state index in [-0.39, 0.29) is 41.7 Å². The number of sulfonamides is 1. The highest BCUT2D eigenvalue weighted by Crippen LogP contribution is 2.47. The molecule has 2 aromatic heterocycles. The van der Waals surface area contributed by atoms with Gasteiger partial charge in [-0.1, -0.05) is 48.3 Å². The number of amides is 4. The SMILES string of the molecule is Cc1cc(C(=O)N[C@H]2CCCCC/C=C\[C@@H]3C[C@@]3(C(=O)NS(=O)(=O)C3(C)CC3)NC(=O)[C@@H]3C[C@@H](Oc4nc5cc(F)ccc5c5ccccc45)CN3C2=O)no1.[HH].[HH].[HH]. The van der Waals surface area contributed by atoms with Gasteiger partial charge in [0, 0.05) is 39.5 Å². The molecule has 2 aliphatic carbocycles. The minimum absolute atomic E-state index is 0. The summed E-state index contributed by atoms with van der Waals surface area (Å²) in [6, 6.07) is 10.9. The summed E-state index contributed by atoms with van der Waals surface area (Å²) in [7, 11) is -4.02. The Kier molecular flexibility index (Phi) is 9.58. The summed E-state index contributed by atoms with van der Waals surface area (Å²) in [5.41, 5.74) is -1.19. The van der Waals surface area contributed by atoms with E-state index in [0.29, 0.717) is 42.3 Å². The Balaban J connectivity index is 0.00000220. The van der Waals surface area contributed by atoms with Gasteiger partial charge >= 0.3 is 0 Å². The van der Waals surface area contributed by atoms with Crippen molar-refractivity contribution in [3.63, 3.8) is 0 Å². The molecule has 0 radical (unpaired) electrons. The number of fused-ring (bicyclic) bond motifs is 5. The average Bonchev–Trinajstić information content (AvgIpc) is 3.97. The second kappa shape index (κ2) is 14.3. The van der Waals surface area contributed by atoms with Gasteiger partial charge in [-0.25, -0.2) is 17.8 Å². The van der Waals surface area contributed by atoms with Gasteiger partial charge in [0.25, 0.3) is 11.8 Å². The molecule has 3 N–H and O–H groups in total. The maximum absolute atomic E-state index is 14.6. The first kappa shape index (κ1) is 37.5. The quantitative estimate of drug-likeness (QED) is 0.168. The van der Waals surface area contributed by atoms with E-state index < -0.39 is 73.9 Å². The second-order valence-electron chi connectivity index (χ2n) is 15.7. The number of hydrogen-bond donors (Lipinski definition) is 3. The zero-order valence-corrected chi connectivity index (χ0v) is 31.9. The van der Waals surface area contributed by atoms with Crippen molar-refractivity contribution in [2.24, 2.45) is 5.92 Å². The largest absolute Gasteiger partial charge is 0.472 e. The molecule has 16 heteroatoms. The summed E-state index contributed by atoms with van der Waals surface area (Å²) in [4.78, 5) is 62.3. The van der Waals surface area contributed by atoms with E-state index in [1.165, 1.54) is 23.1 Å². The van der Waals surface area contributed by atoms with Crippen molar-refractivity contribution >= 4 is 55.3 Å². The maximum Gasteiger partial charge on any atom is 0.274 e.